The van der Waals surface area contributed by atoms with Gasteiger partial charge in [0, 0.05) is 17.0 Å². The van der Waals surface area contributed by atoms with Gasteiger partial charge in [-0.15, -0.1) is 11.8 Å². The highest BCUT2D eigenvalue weighted by atomic mass is 32.2. The van der Waals surface area contributed by atoms with Crippen LogP contribution in [-0.4, -0.2) is 11.3 Å². The number of nitrogens with zero attached hydrogens (tertiary/aromatic N) is 1. The topological polar surface area (TPSA) is 35.8 Å². The molecule has 3 heteroatoms. The molecule has 0 bridgehead atoms. The Morgan fingerprint density at radius 3 is 2.20 bits per heavy atom. The van der Waals surface area contributed by atoms with E-state index >= 15 is 0 Å². The average Bonchev–Trinajstić information content (AvgIpc) is 2.37. The maximum Gasteiger partial charge on any atom is 0.0684 e. The molecule has 1 rings (SSSR count). The van der Waals surface area contributed by atoms with Crippen LogP contribution in [0.15, 0.2) is 29.2 Å². The third kappa shape index (κ3) is 6.98. The third-order valence-electron chi connectivity index (χ3n) is 3.04. The summed E-state index contributed by atoms with van der Waals surface area (Å²) >= 11 is 1.82. The van der Waals surface area contributed by atoms with Crippen molar-refractivity contribution in [2.45, 2.75) is 58.0 Å². The Kier molecular flexibility index (Phi) is 6.10. The Labute approximate surface area is 128 Å². The van der Waals surface area contributed by atoms with Crippen LogP contribution in [0.25, 0.3) is 0 Å². The van der Waals surface area contributed by atoms with Gasteiger partial charge in [-0.25, -0.2) is 0 Å². The van der Waals surface area contributed by atoms with E-state index in [4.69, 9.17) is 5.26 Å². The monoisotopic (exact) mass is 290 g/mol. The van der Waals surface area contributed by atoms with Gasteiger partial charge in [0.25, 0.3) is 0 Å². The van der Waals surface area contributed by atoms with Gasteiger partial charge in [0.1, 0.15) is 0 Å². The Morgan fingerprint density at radius 1 is 1.10 bits per heavy atom. The molecule has 0 aromatic heterocycles. The molecule has 0 radical (unpaired) electrons. The van der Waals surface area contributed by atoms with E-state index in [0.717, 1.165) is 18.7 Å². The lowest BCUT2D eigenvalue weighted by atomic mass is 9.93. The molecule has 20 heavy (non-hydrogen) atoms. The highest BCUT2D eigenvalue weighted by Crippen LogP contribution is 2.26. The van der Waals surface area contributed by atoms with E-state index < -0.39 is 0 Å². The van der Waals surface area contributed by atoms with Crippen molar-refractivity contribution < 1.29 is 0 Å². The van der Waals surface area contributed by atoms with Gasteiger partial charge < -0.3 is 5.32 Å². The van der Waals surface area contributed by atoms with Crippen molar-refractivity contribution in [1.82, 2.24) is 5.32 Å². The van der Waals surface area contributed by atoms with Crippen LogP contribution in [0.1, 0.15) is 46.6 Å². The number of hydrogen-bond acceptors (Lipinski definition) is 3. The normalized spacial score (nSPS) is 12.2. The molecule has 0 aliphatic carbocycles. The van der Waals surface area contributed by atoms with E-state index in [1.165, 1.54) is 10.5 Å². The van der Waals surface area contributed by atoms with E-state index in [1.54, 1.807) is 0 Å². The summed E-state index contributed by atoms with van der Waals surface area (Å²) in [6.07, 6.45) is 0.918. The smallest absolute Gasteiger partial charge is 0.0684 e. The molecule has 0 fully saturated rings. The molecule has 2 nitrogen and oxygen atoms in total. The van der Waals surface area contributed by atoms with Crippen LogP contribution in [0, 0.1) is 16.7 Å². The first kappa shape index (κ1) is 17.1. The lowest BCUT2D eigenvalue weighted by molar-refractivity contribution is 0.424. The highest BCUT2D eigenvalue weighted by Gasteiger charge is 2.15. The summed E-state index contributed by atoms with van der Waals surface area (Å²) in [6.45, 7) is 11.4. The number of hydrogen-bond donors (Lipinski definition) is 1. The van der Waals surface area contributed by atoms with E-state index in [1.807, 2.05) is 25.6 Å². The van der Waals surface area contributed by atoms with Crippen LogP contribution < -0.4 is 5.32 Å². The minimum atomic E-state index is -0.219. The first-order chi connectivity index (χ1) is 9.22. The fourth-order valence-corrected chi connectivity index (χ4v) is 2.73. The molecule has 0 unspecified atom stereocenters. The Morgan fingerprint density at radius 2 is 1.70 bits per heavy atom. The van der Waals surface area contributed by atoms with Gasteiger partial charge in [-0.1, -0.05) is 12.1 Å². The van der Waals surface area contributed by atoms with Crippen LogP contribution in [0.2, 0.25) is 0 Å². The molecule has 0 amide bonds. The summed E-state index contributed by atoms with van der Waals surface area (Å²) in [5.41, 5.74) is 1.24. The van der Waals surface area contributed by atoms with Crippen molar-refractivity contribution in [2.75, 3.05) is 5.75 Å². The maximum absolute atomic E-state index is 8.99. The predicted molar refractivity (Wildman–Crippen MR) is 87.8 cm³/mol. The van der Waals surface area contributed by atoms with Crippen LogP contribution in [0.5, 0.6) is 0 Å². The summed E-state index contributed by atoms with van der Waals surface area (Å²) < 4.78 is 0. The molecular weight excluding hydrogens is 264 g/mol. The van der Waals surface area contributed by atoms with Crippen LogP contribution in [-0.2, 0) is 6.54 Å². The molecule has 0 atom stereocenters. The Hall–Kier alpha value is -0.980. The molecule has 1 N–H and O–H groups in total. The second-order valence-corrected chi connectivity index (χ2v) is 8.01. The van der Waals surface area contributed by atoms with E-state index in [2.05, 4.69) is 56.4 Å². The molecule has 1 aromatic rings. The van der Waals surface area contributed by atoms with Crippen LogP contribution in [0.3, 0.4) is 0 Å². The SMILES string of the molecule is CC(C)(C#N)CCSc1ccc(CNC(C)(C)C)cc1. The molecule has 0 spiro atoms. The number of rotatable bonds is 6. The largest absolute Gasteiger partial charge is 0.308 e. The second-order valence-electron chi connectivity index (χ2n) is 6.84. The molecule has 0 saturated heterocycles. The summed E-state index contributed by atoms with van der Waals surface area (Å²) in [5.74, 6) is 0.986. The molecular formula is C17H26N2S. The van der Waals surface area contributed by atoms with Crippen molar-refractivity contribution in [3.63, 3.8) is 0 Å². The van der Waals surface area contributed by atoms with Gasteiger partial charge in [0.15, 0.2) is 0 Å². The lowest BCUT2D eigenvalue weighted by Gasteiger charge is -2.20. The summed E-state index contributed by atoms with van der Waals surface area (Å²) in [7, 11) is 0. The van der Waals surface area contributed by atoms with E-state index in [9.17, 15) is 0 Å². The van der Waals surface area contributed by atoms with Crippen molar-refractivity contribution in [2.24, 2.45) is 5.41 Å². The minimum Gasteiger partial charge on any atom is -0.308 e. The zero-order chi connectivity index (χ0) is 15.2. The standard InChI is InChI=1S/C17H26N2S/c1-16(2,3)19-12-14-6-8-15(9-7-14)20-11-10-17(4,5)13-18/h6-9,19H,10-12H2,1-5H3. The second kappa shape index (κ2) is 7.15. The van der Waals surface area contributed by atoms with Crippen molar-refractivity contribution in [3.8, 4) is 6.07 Å². The van der Waals surface area contributed by atoms with Crippen LogP contribution >= 0.6 is 11.8 Å². The Balaban J connectivity index is 2.42. The number of nitriles is 1. The predicted octanol–water partition coefficient (Wildman–Crippen LogP) is 4.61. The first-order valence-corrected chi connectivity index (χ1v) is 8.08. The van der Waals surface area contributed by atoms with Crippen molar-refractivity contribution in [3.05, 3.63) is 29.8 Å². The zero-order valence-corrected chi connectivity index (χ0v) is 14.1. The number of thioether (sulfide) groups is 1. The maximum atomic E-state index is 8.99. The van der Waals surface area contributed by atoms with Gasteiger partial charge in [-0.05, 0) is 64.5 Å². The minimum absolute atomic E-state index is 0.149. The van der Waals surface area contributed by atoms with Gasteiger partial charge >= 0.3 is 0 Å². The van der Waals surface area contributed by atoms with Gasteiger partial charge in [0.05, 0.1) is 11.5 Å². The van der Waals surface area contributed by atoms with Crippen molar-refractivity contribution >= 4 is 11.8 Å². The fourth-order valence-electron chi connectivity index (χ4n) is 1.55. The first-order valence-electron chi connectivity index (χ1n) is 7.10. The van der Waals surface area contributed by atoms with E-state index in [0.29, 0.717) is 0 Å². The quantitative estimate of drug-likeness (QED) is 0.777. The molecule has 1 aromatic carbocycles. The molecule has 110 valence electrons. The zero-order valence-electron chi connectivity index (χ0n) is 13.3. The number of benzene rings is 1. The van der Waals surface area contributed by atoms with Gasteiger partial charge in [0.2, 0.25) is 0 Å². The van der Waals surface area contributed by atoms with Gasteiger partial charge in [-0.3, -0.25) is 0 Å². The Bertz CT molecular complexity index is 449. The molecule has 0 aliphatic heterocycles. The molecule has 0 heterocycles. The summed E-state index contributed by atoms with van der Waals surface area (Å²) in [4.78, 5) is 1.28. The lowest BCUT2D eigenvalue weighted by Crippen LogP contribution is -2.35. The average molecular weight is 290 g/mol. The highest BCUT2D eigenvalue weighted by molar-refractivity contribution is 7.99. The summed E-state index contributed by atoms with van der Waals surface area (Å²) in [6, 6.07) is 11.0. The molecule has 0 saturated carbocycles. The molecule has 0 aliphatic rings. The van der Waals surface area contributed by atoms with Crippen molar-refractivity contribution in [1.29, 1.82) is 5.26 Å². The van der Waals surface area contributed by atoms with Crippen LogP contribution in [0.4, 0.5) is 0 Å². The third-order valence-corrected chi connectivity index (χ3v) is 4.06. The van der Waals surface area contributed by atoms with Gasteiger partial charge in [-0.2, -0.15) is 5.26 Å². The fraction of sp³-hybridized carbons (Fsp3) is 0.588. The van der Waals surface area contributed by atoms with E-state index in [-0.39, 0.29) is 11.0 Å². The number of nitrogens with one attached hydrogen (secondary N) is 1. The summed E-state index contributed by atoms with van der Waals surface area (Å²) in [5, 5.41) is 12.5.